The highest BCUT2D eigenvalue weighted by Crippen LogP contribution is 2.32. The molecular formula is C26H29BrO3. The van der Waals surface area contributed by atoms with Crippen molar-refractivity contribution < 1.29 is 14.2 Å². The Balaban J connectivity index is 1.57. The van der Waals surface area contributed by atoms with Gasteiger partial charge < -0.3 is 14.2 Å². The zero-order chi connectivity index (χ0) is 21.4. The average Bonchev–Trinajstić information content (AvgIpc) is 2.74. The molecule has 3 rings (SSSR count). The van der Waals surface area contributed by atoms with Gasteiger partial charge in [0, 0.05) is 5.41 Å². The summed E-state index contributed by atoms with van der Waals surface area (Å²) in [4.78, 5) is 0. The van der Waals surface area contributed by atoms with Crippen molar-refractivity contribution in [3.05, 3.63) is 88.4 Å². The maximum absolute atomic E-state index is 6.08. The zero-order valence-electron chi connectivity index (χ0n) is 17.9. The van der Waals surface area contributed by atoms with Crippen molar-refractivity contribution in [2.45, 2.75) is 39.2 Å². The lowest BCUT2D eigenvalue weighted by Gasteiger charge is -2.26. The molecule has 0 fully saturated rings. The van der Waals surface area contributed by atoms with Gasteiger partial charge in [-0.05, 0) is 69.9 Å². The van der Waals surface area contributed by atoms with E-state index in [-0.39, 0.29) is 5.41 Å². The fraction of sp³-hybridized carbons (Fsp3) is 0.308. The van der Waals surface area contributed by atoms with Crippen LogP contribution in [0.1, 0.15) is 38.3 Å². The maximum atomic E-state index is 6.08. The molecule has 0 unspecified atom stereocenters. The van der Waals surface area contributed by atoms with Crippen LogP contribution in [0, 0.1) is 0 Å². The van der Waals surface area contributed by atoms with E-state index >= 15 is 0 Å². The SMILES string of the molecule is CCCOc1ccc(C(C)(C)COCc2cccc(Oc3ccccc3)c2)cc1Br. The van der Waals surface area contributed by atoms with Crippen LogP contribution in [0.3, 0.4) is 0 Å². The summed E-state index contributed by atoms with van der Waals surface area (Å²) in [6.07, 6.45) is 0.991. The molecule has 0 aliphatic heterocycles. The third kappa shape index (κ3) is 6.35. The molecule has 30 heavy (non-hydrogen) atoms. The standard InChI is InChI=1S/C26H29BrO3/c1-4-15-29-25-14-13-21(17-24(25)27)26(2,3)19-28-18-20-9-8-12-23(16-20)30-22-10-6-5-7-11-22/h5-14,16-17H,4,15,18-19H2,1-3H3. The fourth-order valence-corrected chi connectivity index (χ4v) is 3.57. The second-order valence-corrected chi connectivity index (χ2v) is 8.79. The van der Waals surface area contributed by atoms with Gasteiger partial charge in [0.15, 0.2) is 0 Å². The highest BCUT2D eigenvalue weighted by molar-refractivity contribution is 9.10. The molecule has 0 aliphatic rings. The molecule has 0 atom stereocenters. The van der Waals surface area contributed by atoms with Gasteiger partial charge in [-0.1, -0.05) is 57.2 Å². The van der Waals surface area contributed by atoms with Crippen LogP contribution in [0.2, 0.25) is 0 Å². The van der Waals surface area contributed by atoms with Crippen LogP contribution < -0.4 is 9.47 Å². The second kappa shape index (κ2) is 10.6. The van der Waals surface area contributed by atoms with Gasteiger partial charge in [0.05, 0.1) is 24.3 Å². The number of ether oxygens (including phenoxy) is 3. The Morgan fingerprint density at radius 1 is 0.867 bits per heavy atom. The minimum Gasteiger partial charge on any atom is -0.492 e. The normalized spacial score (nSPS) is 11.3. The Morgan fingerprint density at radius 3 is 2.37 bits per heavy atom. The van der Waals surface area contributed by atoms with Gasteiger partial charge >= 0.3 is 0 Å². The summed E-state index contributed by atoms with van der Waals surface area (Å²) in [6, 6.07) is 24.1. The van der Waals surface area contributed by atoms with Gasteiger partial charge in [-0.2, -0.15) is 0 Å². The Kier molecular flexibility index (Phi) is 7.94. The molecule has 0 saturated carbocycles. The van der Waals surface area contributed by atoms with Crippen LogP contribution in [0.15, 0.2) is 77.3 Å². The van der Waals surface area contributed by atoms with Crippen molar-refractivity contribution in [2.24, 2.45) is 0 Å². The predicted octanol–water partition coefficient (Wildman–Crippen LogP) is 7.52. The summed E-state index contributed by atoms with van der Waals surface area (Å²) in [5.74, 6) is 2.52. The highest BCUT2D eigenvalue weighted by atomic mass is 79.9. The van der Waals surface area contributed by atoms with E-state index < -0.39 is 0 Å². The van der Waals surface area contributed by atoms with Gasteiger partial charge in [-0.3, -0.25) is 0 Å². The number of rotatable bonds is 10. The van der Waals surface area contributed by atoms with E-state index in [1.165, 1.54) is 5.56 Å². The van der Waals surface area contributed by atoms with Crippen LogP contribution in [0.25, 0.3) is 0 Å². The van der Waals surface area contributed by atoms with E-state index in [0.717, 1.165) is 40.3 Å². The van der Waals surface area contributed by atoms with Crippen LogP contribution in [-0.2, 0) is 16.8 Å². The first kappa shape index (κ1) is 22.4. The zero-order valence-corrected chi connectivity index (χ0v) is 19.4. The molecule has 0 radical (unpaired) electrons. The number of benzene rings is 3. The van der Waals surface area contributed by atoms with Crippen LogP contribution >= 0.6 is 15.9 Å². The smallest absolute Gasteiger partial charge is 0.133 e. The van der Waals surface area contributed by atoms with E-state index in [2.05, 4.69) is 54.9 Å². The van der Waals surface area contributed by atoms with Gasteiger partial charge in [0.1, 0.15) is 17.2 Å². The van der Waals surface area contributed by atoms with Crippen molar-refractivity contribution in [2.75, 3.05) is 13.2 Å². The highest BCUT2D eigenvalue weighted by Gasteiger charge is 2.22. The molecule has 3 aromatic carbocycles. The molecule has 158 valence electrons. The van der Waals surface area contributed by atoms with Crippen molar-refractivity contribution in [3.8, 4) is 17.2 Å². The van der Waals surface area contributed by atoms with Gasteiger partial charge in [0.25, 0.3) is 0 Å². The Hall–Kier alpha value is -2.30. The van der Waals surface area contributed by atoms with Crippen LogP contribution in [0.5, 0.6) is 17.2 Å². The first-order valence-corrected chi connectivity index (χ1v) is 11.1. The summed E-state index contributed by atoms with van der Waals surface area (Å²) >= 11 is 3.63. The largest absolute Gasteiger partial charge is 0.492 e. The lowest BCUT2D eigenvalue weighted by Crippen LogP contribution is -2.24. The van der Waals surface area contributed by atoms with Crippen LogP contribution in [0.4, 0.5) is 0 Å². The number of halogens is 1. The number of hydrogen-bond donors (Lipinski definition) is 0. The van der Waals surface area contributed by atoms with Crippen molar-refractivity contribution in [1.82, 2.24) is 0 Å². The first-order valence-electron chi connectivity index (χ1n) is 10.3. The van der Waals surface area contributed by atoms with Gasteiger partial charge in [0.2, 0.25) is 0 Å². The molecule has 0 heterocycles. The molecule has 0 N–H and O–H groups in total. The predicted molar refractivity (Wildman–Crippen MR) is 126 cm³/mol. The molecular weight excluding hydrogens is 440 g/mol. The Morgan fingerprint density at radius 2 is 1.63 bits per heavy atom. The summed E-state index contributed by atoms with van der Waals surface area (Å²) in [5, 5.41) is 0. The lowest BCUT2D eigenvalue weighted by molar-refractivity contribution is 0.0823. The van der Waals surface area contributed by atoms with E-state index in [4.69, 9.17) is 14.2 Å². The van der Waals surface area contributed by atoms with Gasteiger partial charge in [-0.15, -0.1) is 0 Å². The molecule has 3 nitrogen and oxygen atoms in total. The van der Waals surface area contributed by atoms with Crippen LogP contribution in [-0.4, -0.2) is 13.2 Å². The van der Waals surface area contributed by atoms with Crippen molar-refractivity contribution >= 4 is 15.9 Å². The fourth-order valence-electron chi connectivity index (χ4n) is 3.08. The Bertz CT molecular complexity index is 938. The number of para-hydroxylation sites is 1. The number of hydrogen-bond acceptors (Lipinski definition) is 3. The van der Waals surface area contributed by atoms with E-state index in [1.54, 1.807) is 0 Å². The van der Waals surface area contributed by atoms with E-state index in [1.807, 2.05) is 54.6 Å². The topological polar surface area (TPSA) is 27.7 Å². The van der Waals surface area contributed by atoms with Crippen molar-refractivity contribution in [3.63, 3.8) is 0 Å². The molecule has 3 aromatic rings. The third-order valence-corrected chi connectivity index (χ3v) is 5.40. The van der Waals surface area contributed by atoms with Crippen molar-refractivity contribution in [1.29, 1.82) is 0 Å². The molecule has 0 spiro atoms. The monoisotopic (exact) mass is 468 g/mol. The van der Waals surface area contributed by atoms with E-state index in [0.29, 0.717) is 13.2 Å². The summed E-state index contributed by atoms with van der Waals surface area (Å²) in [6.45, 7) is 8.35. The quantitative estimate of drug-likeness (QED) is 0.307. The summed E-state index contributed by atoms with van der Waals surface area (Å²) in [5.41, 5.74) is 2.17. The summed E-state index contributed by atoms with van der Waals surface area (Å²) < 4.78 is 18.7. The molecule has 0 aliphatic carbocycles. The second-order valence-electron chi connectivity index (χ2n) is 7.93. The molecule has 0 aromatic heterocycles. The first-order chi connectivity index (χ1) is 14.5. The average molecular weight is 469 g/mol. The Labute approximate surface area is 188 Å². The molecule has 0 saturated heterocycles. The summed E-state index contributed by atoms with van der Waals surface area (Å²) in [7, 11) is 0. The maximum Gasteiger partial charge on any atom is 0.133 e. The molecule has 4 heteroatoms. The lowest BCUT2D eigenvalue weighted by atomic mass is 9.85. The minimum absolute atomic E-state index is 0.121. The van der Waals surface area contributed by atoms with Gasteiger partial charge in [-0.25, -0.2) is 0 Å². The van der Waals surface area contributed by atoms with E-state index in [9.17, 15) is 0 Å². The minimum atomic E-state index is -0.121. The molecule has 0 amide bonds. The third-order valence-electron chi connectivity index (χ3n) is 4.78. The molecule has 0 bridgehead atoms.